The summed E-state index contributed by atoms with van der Waals surface area (Å²) in [6.45, 7) is 2.10. The second-order valence-electron chi connectivity index (χ2n) is 4.78. The number of rotatable bonds is 3. The predicted octanol–water partition coefficient (Wildman–Crippen LogP) is 3.93. The Hall–Kier alpha value is -1.29. The highest BCUT2D eigenvalue weighted by Gasteiger charge is 2.12. The number of carboxylic acids is 1. The molecule has 1 aromatic carbocycles. The molecule has 19 heavy (non-hydrogen) atoms. The van der Waals surface area contributed by atoms with E-state index in [0.29, 0.717) is 0 Å². The number of anilines is 1. The van der Waals surface area contributed by atoms with Crippen LogP contribution in [0.3, 0.4) is 0 Å². The summed E-state index contributed by atoms with van der Waals surface area (Å²) in [5.41, 5.74) is 2.08. The predicted molar refractivity (Wildman–Crippen MR) is 81.5 cm³/mol. The second kappa shape index (κ2) is 6.75. The van der Waals surface area contributed by atoms with E-state index < -0.39 is 5.97 Å². The van der Waals surface area contributed by atoms with Crippen molar-refractivity contribution < 1.29 is 9.90 Å². The molecule has 102 valence electrons. The number of benzene rings is 1. The first-order valence-electron chi connectivity index (χ1n) is 6.62. The molecular weight excluding hydrogens is 306 g/mol. The van der Waals surface area contributed by atoms with Gasteiger partial charge >= 0.3 is 5.97 Å². The normalized spacial score (nSPS) is 16.6. The molecule has 0 radical (unpaired) electrons. The molecule has 1 fully saturated rings. The van der Waals surface area contributed by atoms with E-state index in [1.54, 1.807) is 6.08 Å². The first-order valence-corrected chi connectivity index (χ1v) is 7.41. The highest BCUT2D eigenvalue weighted by molar-refractivity contribution is 9.10. The molecule has 0 saturated carbocycles. The van der Waals surface area contributed by atoms with Crippen molar-refractivity contribution in [3.8, 4) is 0 Å². The van der Waals surface area contributed by atoms with Crippen LogP contribution in [0.2, 0.25) is 0 Å². The molecule has 3 nitrogen and oxygen atoms in total. The van der Waals surface area contributed by atoms with Crippen molar-refractivity contribution in [3.63, 3.8) is 0 Å². The molecule has 0 spiro atoms. The first kappa shape index (κ1) is 14.1. The Morgan fingerprint density at radius 3 is 2.53 bits per heavy atom. The highest BCUT2D eigenvalue weighted by Crippen LogP contribution is 2.28. The smallest absolute Gasteiger partial charge is 0.328 e. The molecule has 1 aliphatic rings. The summed E-state index contributed by atoms with van der Waals surface area (Å²) < 4.78 is 0.969. The van der Waals surface area contributed by atoms with E-state index in [1.165, 1.54) is 31.8 Å². The van der Waals surface area contributed by atoms with Gasteiger partial charge in [0.15, 0.2) is 0 Å². The van der Waals surface area contributed by atoms with Crippen LogP contribution in [-0.2, 0) is 4.79 Å². The lowest BCUT2D eigenvalue weighted by atomic mass is 10.1. The highest BCUT2D eigenvalue weighted by atomic mass is 79.9. The Morgan fingerprint density at radius 1 is 1.21 bits per heavy atom. The number of nitrogens with zero attached hydrogens (tertiary/aromatic N) is 1. The molecule has 0 atom stereocenters. The molecule has 0 aliphatic carbocycles. The third-order valence-corrected chi connectivity index (χ3v) is 3.84. The van der Waals surface area contributed by atoms with E-state index in [0.717, 1.165) is 28.8 Å². The number of hydrogen-bond donors (Lipinski definition) is 1. The molecule has 1 N–H and O–H groups in total. The van der Waals surface area contributed by atoms with Gasteiger partial charge < -0.3 is 10.0 Å². The fraction of sp³-hybridized carbons (Fsp3) is 0.400. The Labute approximate surface area is 122 Å². The zero-order valence-corrected chi connectivity index (χ0v) is 12.4. The van der Waals surface area contributed by atoms with Crippen LogP contribution in [0.5, 0.6) is 0 Å². The topological polar surface area (TPSA) is 40.5 Å². The lowest BCUT2D eigenvalue weighted by molar-refractivity contribution is -0.131. The van der Waals surface area contributed by atoms with Crippen molar-refractivity contribution in [2.24, 2.45) is 0 Å². The quantitative estimate of drug-likeness (QED) is 0.857. The van der Waals surface area contributed by atoms with Crippen LogP contribution >= 0.6 is 15.9 Å². The first-order chi connectivity index (χ1) is 9.16. The van der Waals surface area contributed by atoms with Crippen LogP contribution in [0.15, 0.2) is 28.7 Å². The Morgan fingerprint density at radius 2 is 1.89 bits per heavy atom. The Balaban J connectivity index is 2.29. The fourth-order valence-corrected chi connectivity index (χ4v) is 2.80. The standard InChI is InChI=1S/C15H18BrNO2/c16-13-6-7-14(12(11-13)5-8-15(18)19)17-9-3-1-2-4-10-17/h5-8,11H,1-4,9-10H2,(H,18,19)/b8-5+. The maximum absolute atomic E-state index is 10.7. The third kappa shape index (κ3) is 4.10. The van der Waals surface area contributed by atoms with Crippen molar-refractivity contribution in [1.29, 1.82) is 0 Å². The maximum Gasteiger partial charge on any atom is 0.328 e. The zero-order chi connectivity index (χ0) is 13.7. The molecule has 1 saturated heterocycles. The maximum atomic E-state index is 10.7. The molecule has 0 amide bonds. The van der Waals surface area contributed by atoms with Gasteiger partial charge in [0.05, 0.1) is 0 Å². The van der Waals surface area contributed by atoms with Gasteiger partial charge in [0.2, 0.25) is 0 Å². The van der Waals surface area contributed by atoms with Gasteiger partial charge in [-0.25, -0.2) is 4.79 Å². The summed E-state index contributed by atoms with van der Waals surface area (Å²) in [5.74, 6) is -0.915. The van der Waals surface area contributed by atoms with Crippen LogP contribution in [0.1, 0.15) is 31.2 Å². The largest absolute Gasteiger partial charge is 0.478 e. The average Bonchev–Trinajstić information content (AvgIpc) is 2.65. The van der Waals surface area contributed by atoms with Crippen molar-refractivity contribution in [2.75, 3.05) is 18.0 Å². The SMILES string of the molecule is O=C(O)/C=C/c1cc(Br)ccc1N1CCCCCC1. The molecule has 0 bridgehead atoms. The van der Waals surface area contributed by atoms with E-state index in [9.17, 15) is 4.79 Å². The minimum atomic E-state index is -0.915. The Bertz CT molecular complexity index is 477. The van der Waals surface area contributed by atoms with Gasteiger partial charge in [-0.05, 0) is 42.7 Å². The van der Waals surface area contributed by atoms with Crippen molar-refractivity contribution in [1.82, 2.24) is 0 Å². The fourth-order valence-electron chi connectivity index (χ4n) is 2.42. The van der Waals surface area contributed by atoms with Gasteiger partial charge in [-0.15, -0.1) is 0 Å². The summed E-state index contributed by atoms with van der Waals surface area (Å²) in [7, 11) is 0. The molecule has 1 aromatic rings. The van der Waals surface area contributed by atoms with Crippen molar-refractivity contribution >= 4 is 33.7 Å². The lowest BCUT2D eigenvalue weighted by Gasteiger charge is -2.24. The third-order valence-electron chi connectivity index (χ3n) is 3.34. The minimum absolute atomic E-state index is 0.915. The molecular formula is C15H18BrNO2. The molecule has 2 rings (SSSR count). The monoisotopic (exact) mass is 323 g/mol. The summed E-state index contributed by atoms with van der Waals surface area (Å²) in [6, 6.07) is 6.05. The van der Waals surface area contributed by atoms with Crippen molar-refractivity contribution in [2.45, 2.75) is 25.7 Å². The molecule has 1 heterocycles. The molecule has 4 heteroatoms. The van der Waals surface area contributed by atoms with Gasteiger partial charge in [0.25, 0.3) is 0 Å². The van der Waals surface area contributed by atoms with Gasteiger partial charge in [-0.3, -0.25) is 0 Å². The summed E-state index contributed by atoms with van der Waals surface area (Å²) >= 11 is 3.44. The summed E-state index contributed by atoms with van der Waals surface area (Å²) in [6.07, 6.45) is 7.85. The van der Waals surface area contributed by atoms with Gasteiger partial charge in [-0.1, -0.05) is 28.8 Å². The number of hydrogen-bond acceptors (Lipinski definition) is 2. The van der Waals surface area contributed by atoms with Gasteiger partial charge in [-0.2, -0.15) is 0 Å². The number of aliphatic carboxylic acids is 1. The molecule has 0 aromatic heterocycles. The van der Waals surface area contributed by atoms with E-state index in [1.807, 2.05) is 12.1 Å². The lowest BCUT2D eigenvalue weighted by Crippen LogP contribution is -2.24. The summed E-state index contributed by atoms with van der Waals surface area (Å²) in [4.78, 5) is 13.1. The van der Waals surface area contributed by atoms with Crippen LogP contribution in [-0.4, -0.2) is 24.2 Å². The van der Waals surface area contributed by atoms with Gasteiger partial charge in [0, 0.05) is 29.3 Å². The summed E-state index contributed by atoms with van der Waals surface area (Å²) in [5, 5.41) is 8.78. The molecule has 0 unspecified atom stereocenters. The van der Waals surface area contributed by atoms with Crippen LogP contribution in [0, 0.1) is 0 Å². The van der Waals surface area contributed by atoms with Crippen LogP contribution in [0.25, 0.3) is 6.08 Å². The average molecular weight is 324 g/mol. The molecule has 1 aliphatic heterocycles. The van der Waals surface area contributed by atoms with E-state index in [2.05, 4.69) is 26.9 Å². The minimum Gasteiger partial charge on any atom is -0.478 e. The van der Waals surface area contributed by atoms with E-state index >= 15 is 0 Å². The van der Waals surface area contributed by atoms with Gasteiger partial charge in [0.1, 0.15) is 0 Å². The van der Waals surface area contributed by atoms with Crippen molar-refractivity contribution in [3.05, 3.63) is 34.3 Å². The van der Waals surface area contributed by atoms with E-state index in [-0.39, 0.29) is 0 Å². The Kier molecular flexibility index (Phi) is 5.02. The number of halogens is 1. The zero-order valence-electron chi connectivity index (χ0n) is 10.8. The van der Waals surface area contributed by atoms with Crippen LogP contribution in [0.4, 0.5) is 5.69 Å². The number of carbonyl (C=O) groups is 1. The second-order valence-corrected chi connectivity index (χ2v) is 5.69. The number of carboxylic acid groups (broad SMARTS) is 1. The van der Waals surface area contributed by atoms with E-state index in [4.69, 9.17) is 5.11 Å². The van der Waals surface area contributed by atoms with Crippen LogP contribution < -0.4 is 4.90 Å².